The third-order valence-electron chi connectivity index (χ3n) is 6.01. The molecule has 0 saturated carbocycles. The van der Waals surface area contributed by atoms with Crippen LogP contribution in [0.15, 0.2) is 55.6 Å². The van der Waals surface area contributed by atoms with Gasteiger partial charge in [-0.15, -0.1) is 0 Å². The molecule has 6 heterocycles. The van der Waals surface area contributed by atoms with Crippen molar-refractivity contribution in [3.63, 3.8) is 0 Å². The predicted octanol–water partition coefficient (Wildman–Crippen LogP) is 4.44. The van der Waals surface area contributed by atoms with Crippen LogP contribution >= 0.6 is 0 Å². The van der Waals surface area contributed by atoms with Gasteiger partial charge in [0.05, 0.1) is 64.9 Å². The fourth-order valence-corrected chi connectivity index (χ4v) is 4.00. The first-order valence-electron chi connectivity index (χ1n) is 11.7. The van der Waals surface area contributed by atoms with E-state index in [0.717, 1.165) is 38.9 Å². The van der Waals surface area contributed by atoms with Gasteiger partial charge in [0.1, 0.15) is 11.2 Å². The summed E-state index contributed by atoms with van der Waals surface area (Å²) < 4.78 is 1.90. The quantitative estimate of drug-likeness (QED) is 0.330. The molecule has 0 bridgehead atoms. The Hall–Kier alpha value is -4.93. The van der Waals surface area contributed by atoms with Crippen molar-refractivity contribution in [3.8, 4) is 28.5 Å². The first-order chi connectivity index (χ1) is 17.8. The van der Waals surface area contributed by atoms with E-state index in [0.29, 0.717) is 22.9 Å². The van der Waals surface area contributed by atoms with Crippen LogP contribution in [0.3, 0.4) is 0 Å². The summed E-state index contributed by atoms with van der Waals surface area (Å²) in [7, 11) is 0. The van der Waals surface area contributed by atoms with Gasteiger partial charge in [0.2, 0.25) is 5.91 Å². The molecule has 184 valence electrons. The van der Waals surface area contributed by atoms with Crippen LogP contribution in [-0.2, 0) is 4.79 Å². The van der Waals surface area contributed by atoms with Gasteiger partial charge in [-0.1, -0.05) is 20.8 Å². The second-order valence-electron chi connectivity index (χ2n) is 9.92. The summed E-state index contributed by atoms with van der Waals surface area (Å²) in [4.78, 5) is 38.2. The molecule has 6 aromatic rings. The lowest BCUT2D eigenvalue weighted by Gasteiger charge is -2.17. The van der Waals surface area contributed by atoms with Crippen molar-refractivity contribution in [2.45, 2.75) is 27.7 Å². The summed E-state index contributed by atoms with van der Waals surface area (Å²) >= 11 is 0. The van der Waals surface area contributed by atoms with Crippen molar-refractivity contribution in [2.24, 2.45) is 5.41 Å². The molecule has 3 N–H and O–H groups in total. The maximum atomic E-state index is 12.4. The molecule has 37 heavy (non-hydrogen) atoms. The van der Waals surface area contributed by atoms with Crippen LogP contribution in [0.1, 0.15) is 26.5 Å². The number of anilines is 1. The Balaban J connectivity index is 1.40. The highest BCUT2D eigenvalue weighted by atomic mass is 16.2. The molecule has 1 amide bonds. The van der Waals surface area contributed by atoms with Crippen molar-refractivity contribution >= 4 is 33.5 Å². The fraction of sp³-hybridized carbons (Fsp3) is 0.192. The zero-order valence-electron chi connectivity index (χ0n) is 20.7. The summed E-state index contributed by atoms with van der Waals surface area (Å²) in [6.45, 7) is 7.53. The third kappa shape index (κ3) is 4.10. The number of nitrogens with zero attached hydrogens (tertiary/aromatic N) is 7. The Morgan fingerprint density at radius 2 is 1.84 bits per heavy atom. The number of H-pyrrole nitrogens is 2. The minimum absolute atomic E-state index is 0.0865. The van der Waals surface area contributed by atoms with E-state index >= 15 is 0 Å². The Bertz CT molecular complexity index is 1790. The number of aromatic amines is 2. The molecule has 0 spiro atoms. The average molecular weight is 493 g/mol. The van der Waals surface area contributed by atoms with E-state index in [1.165, 1.54) is 0 Å². The summed E-state index contributed by atoms with van der Waals surface area (Å²) in [6.07, 6.45) is 12.2. The molecule has 0 radical (unpaired) electrons. The lowest BCUT2D eigenvalue weighted by Crippen LogP contribution is -2.27. The highest BCUT2D eigenvalue weighted by Crippen LogP contribution is 2.31. The van der Waals surface area contributed by atoms with Crippen LogP contribution in [0.25, 0.3) is 50.4 Å². The number of hydrogen-bond donors (Lipinski definition) is 3. The van der Waals surface area contributed by atoms with Gasteiger partial charge in [-0.05, 0) is 19.1 Å². The van der Waals surface area contributed by atoms with Crippen molar-refractivity contribution in [1.29, 1.82) is 0 Å². The van der Waals surface area contributed by atoms with Crippen LogP contribution in [0.5, 0.6) is 0 Å². The summed E-state index contributed by atoms with van der Waals surface area (Å²) in [6, 6.07) is 3.79. The van der Waals surface area contributed by atoms with E-state index in [9.17, 15) is 4.79 Å². The van der Waals surface area contributed by atoms with Crippen LogP contribution in [0.2, 0.25) is 0 Å². The van der Waals surface area contributed by atoms with Crippen LogP contribution in [0, 0.1) is 12.3 Å². The molecule has 0 fully saturated rings. The topological polar surface area (TPSA) is 143 Å². The number of amides is 1. The maximum absolute atomic E-state index is 12.4. The standard InChI is InChI=1S/C26H24N10O/c1-14-12-36(13-30-14)21-11-28-9-20-23(21)33-24(32-20)22-17-6-18(29-10-19(17)34-35-22)15-5-16(8-27-7-15)31-25(37)26(2,3)4/h5-13H,1-4H3,(H,31,37)(H,32,33)(H,34,35). The fourth-order valence-electron chi connectivity index (χ4n) is 4.00. The van der Waals surface area contributed by atoms with Gasteiger partial charge in [0.25, 0.3) is 0 Å². The Kier molecular flexibility index (Phi) is 5.07. The molecular weight excluding hydrogens is 468 g/mol. The van der Waals surface area contributed by atoms with E-state index in [2.05, 4.69) is 40.4 Å². The first kappa shape index (κ1) is 22.5. The molecule has 0 aromatic carbocycles. The third-order valence-corrected chi connectivity index (χ3v) is 6.01. The van der Waals surface area contributed by atoms with Crippen LogP contribution in [-0.4, -0.2) is 50.6 Å². The predicted molar refractivity (Wildman–Crippen MR) is 140 cm³/mol. The maximum Gasteiger partial charge on any atom is 0.229 e. The van der Waals surface area contributed by atoms with Crippen molar-refractivity contribution in [3.05, 3.63) is 61.3 Å². The number of fused-ring (bicyclic) bond motifs is 2. The molecule has 0 aliphatic rings. The van der Waals surface area contributed by atoms with Gasteiger partial charge in [-0.3, -0.25) is 24.8 Å². The van der Waals surface area contributed by atoms with Gasteiger partial charge < -0.3 is 14.9 Å². The van der Waals surface area contributed by atoms with Gasteiger partial charge in [0, 0.05) is 28.8 Å². The van der Waals surface area contributed by atoms with Crippen molar-refractivity contribution in [1.82, 2.24) is 44.7 Å². The molecule has 0 atom stereocenters. The van der Waals surface area contributed by atoms with E-state index in [-0.39, 0.29) is 5.91 Å². The Morgan fingerprint density at radius 1 is 1.00 bits per heavy atom. The molecule has 11 heteroatoms. The van der Waals surface area contributed by atoms with Gasteiger partial charge in [-0.2, -0.15) is 5.10 Å². The number of aryl methyl sites for hydroxylation is 1. The lowest BCUT2D eigenvalue weighted by molar-refractivity contribution is -0.123. The number of carbonyl (C=O) groups excluding carboxylic acids is 1. The molecule has 0 saturated heterocycles. The normalized spacial score (nSPS) is 11.9. The van der Waals surface area contributed by atoms with Gasteiger partial charge >= 0.3 is 0 Å². The zero-order chi connectivity index (χ0) is 25.7. The second kappa shape index (κ2) is 8.33. The van der Waals surface area contributed by atoms with E-state index in [4.69, 9.17) is 4.98 Å². The molecule has 0 aliphatic carbocycles. The number of aromatic nitrogens is 9. The number of pyridine rings is 3. The molecule has 0 aliphatic heterocycles. The second-order valence-corrected chi connectivity index (χ2v) is 9.92. The number of rotatable bonds is 4. The minimum atomic E-state index is -0.516. The monoisotopic (exact) mass is 492 g/mol. The number of carbonyl (C=O) groups is 1. The summed E-state index contributed by atoms with van der Waals surface area (Å²) in [5, 5.41) is 11.3. The van der Waals surface area contributed by atoms with Gasteiger partial charge in [0.15, 0.2) is 5.82 Å². The molecule has 0 unspecified atom stereocenters. The van der Waals surface area contributed by atoms with Gasteiger partial charge in [-0.25, -0.2) is 9.97 Å². The SMILES string of the molecule is Cc1cn(-c2cncc3[nH]c(-c4n[nH]c5cnc(-c6cncc(NC(=O)C(C)(C)C)c6)cc45)nc23)cn1. The Labute approximate surface area is 211 Å². The van der Waals surface area contributed by atoms with E-state index in [1.54, 1.807) is 37.3 Å². The zero-order valence-corrected chi connectivity index (χ0v) is 20.7. The molecule has 11 nitrogen and oxygen atoms in total. The first-order valence-corrected chi connectivity index (χ1v) is 11.7. The largest absolute Gasteiger partial charge is 0.335 e. The summed E-state index contributed by atoms with van der Waals surface area (Å²) in [5.41, 5.74) is 6.27. The highest BCUT2D eigenvalue weighted by Gasteiger charge is 2.22. The van der Waals surface area contributed by atoms with E-state index < -0.39 is 5.41 Å². The average Bonchev–Trinajstić information content (AvgIpc) is 3.60. The molecule has 6 rings (SSSR count). The smallest absolute Gasteiger partial charge is 0.229 e. The lowest BCUT2D eigenvalue weighted by atomic mass is 9.95. The Morgan fingerprint density at radius 3 is 2.62 bits per heavy atom. The van der Waals surface area contributed by atoms with Crippen LogP contribution in [0.4, 0.5) is 5.69 Å². The number of imidazole rings is 2. The van der Waals surface area contributed by atoms with Crippen molar-refractivity contribution in [2.75, 3.05) is 5.32 Å². The highest BCUT2D eigenvalue weighted by molar-refractivity contribution is 5.96. The number of hydrogen-bond acceptors (Lipinski definition) is 7. The molecular formula is C26H24N10O. The molecule has 6 aromatic heterocycles. The van der Waals surface area contributed by atoms with Crippen molar-refractivity contribution < 1.29 is 4.79 Å². The summed E-state index contributed by atoms with van der Waals surface area (Å²) in [5.74, 6) is 0.519. The van der Waals surface area contributed by atoms with E-state index in [1.807, 2.05) is 50.6 Å². The number of nitrogens with one attached hydrogen (secondary N) is 3. The minimum Gasteiger partial charge on any atom is -0.335 e. The van der Waals surface area contributed by atoms with Crippen LogP contribution < -0.4 is 5.32 Å².